The molecule has 4 aromatic heterocycles. The lowest BCUT2D eigenvalue weighted by atomic mass is 9.82. The second-order valence-electron chi connectivity index (χ2n) is 14.9. The van der Waals surface area contributed by atoms with Gasteiger partial charge in [0.2, 0.25) is 5.71 Å². The van der Waals surface area contributed by atoms with Gasteiger partial charge in [0.15, 0.2) is 5.82 Å². The Balaban J connectivity index is 1.22. The van der Waals surface area contributed by atoms with Gasteiger partial charge in [-0.25, -0.2) is 9.97 Å². The first-order valence-corrected chi connectivity index (χ1v) is 17.8. The monoisotopic (exact) mass is 665 g/mol. The van der Waals surface area contributed by atoms with E-state index in [0.29, 0.717) is 5.71 Å². The van der Waals surface area contributed by atoms with E-state index in [4.69, 9.17) is 18.8 Å². The van der Waals surface area contributed by atoms with E-state index in [1.807, 2.05) is 18.2 Å². The average molecular weight is 666 g/mol. The summed E-state index contributed by atoms with van der Waals surface area (Å²) in [6, 6.07) is 45.6. The van der Waals surface area contributed by atoms with Gasteiger partial charge in [-0.3, -0.25) is 4.57 Å². The van der Waals surface area contributed by atoms with Crippen LogP contribution in [0.1, 0.15) is 25.0 Å². The highest BCUT2D eigenvalue weighted by atomic mass is 16.3. The zero-order chi connectivity index (χ0) is 34.0. The lowest BCUT2D eigenvalue weighted by Crippen LogP contribution is -2.14. The van der Waals surface area contributed by atoms with Crippen LogP contribution in [0, 0.1) is 0 Å². The molecule has 0 bridgehead atoms. The number of para-hydroxylation sites is 1. The first-order chi connectivity index (χ1) is 25.5. The zero-order valence-electron chi connectivity index (χ0n) is 28.3. The summed E-state index contributed by atoms with van der Waals surface area (Å²) in [4.78, 5) is 10.9. The Hall–Kier alpha value is -6.72. The number of fused-ring (bicyclic) bond motifs is 7. The van der Waals surface area contributed by atoms with Gasteiger partial charge in [0.05, 0.1) is 11.0 Å². The van der Waals surface area contributed by atoms with Gasteiger partial charge in [-0.15, -0.1) is 0 Å². The van der Waals surface area contributed by atoms with Crippen molar-refractivity contribution < 1.29 is 8.83 Å². The van der Waals surface area contributed by atoms with Crippen molar-refractivity contribution in [2.75, 3.05) is 0 Å². The largest absolute Gasteiger partial charge is 0.456 e. The van der Waals surface area contributed by atoms with Crippen LogP contribution >= 0.6 is 0 Å². The molecule has 2 aliphatic rings. The normalized spacial score (nSPS) is 14.1. The van der Waals surface area contributed by atoms with E-state index in [0.717, 1.165) is 66.5 Å². The molecule has 0 aliphatic heterocycles. The maximum Gasteiger partial charge on any atom is 0.247 e. The van der Waals surface area contributed by atoms with Crippen molar-refractivity contribution in [2.24, 2.45) is 0 Å². The van der Waals surface area contributed by atoms with E-state index in [1.165, 1.54) is 54.9 Å². The van der Waals surface area contributed by atoms with Crippen LogP contribution in [0.2, 0.25) is 0 Å². The molecule has 0 atom stereocenters. The molecule has 4 heterocycles. The molecule has 0 spiro atoms. The van der Waals surface area contributed by atoms with Crippen LogP contribution in [0.15, 0.2) is 136 Å². The van der Waals surface area contributed by atoms with Crippen molar-refractivity contribution in [3.63, 3.8) is 0 Å². The van der Waals surface area contributed by atoms with Gasteiger partial charge in [-0.1, -0.05) is 98.8 Å². The molecule has 0 unspecified atom stereocenters. The first kappa shape index (κ1) is 27.1. The highest BCUT2D eigenvalue weighted by Crippen LogP contribution is 2.52. The molecular weight excluding hydrogens is 639 g/mol. The molecule has 5 nitrogen and oxygen atoms in total. The average Bonchev–Trinajstić information content (AvgIpc) is 3.88. The number of hydrogen-bond acceptors (Lipinski definition) is 4. The predicted molar refractivity (Wildman–Crippen MR) is 210 cm³/mol. The Morgan fingerprint density at radius 3 is 2.15 bits per heavy atom. The minimum absolute atomic E-state index is 0.0986. The Bertz CT molecular complexity index is 3450. The Morgan fingerprint density at radius 2 is 1.23 bits per heavy atom. The van der Waals surface area contributed by atoms with Crippen molar-refractivity contribution in [1.29, 1.82) is 0 Å². The topological polar surface area (TPSA) is 57.0 Å². The van der Waals surface area contributed by atoms with Crippen LogP contribution in [0.5, 0.6) is 0 Å². The predicted octanol–water partition coefficient (Wildman–Crippen LogP) is 12.5. The summed E-state index contributed by atoms with van der Waals surface area (Å²) >= 11 is 0. The van der Waals surface area contributed by atoms with Gasteiger partial charge in [0, 0.05) is 37.9 Å². The third kappa shape index (κ3) is 3.09. The van der Waals surface area contributed by atoms with Crippen LogP contribution in [0.4, 0.5) is 0 Å². The van der Waals surface area contributed by atoms with Gasteiger partial charge in [0.25, 0.3) is 0 Å². The van der Waals surface area contributed by atoms with Gasteiger partial charge < -0.3 is 8.83 Å². The Kier molecular flexibility index (Phi) is 4.66. The van der Waals surface area contributed by atoms with E-state index in [2.05, 4.69) is 128 Å². The summed E-state index contributed by atoms with van der Waals surface area (Å²) in [5.41, 5.74) is 15.3. The number of aromatic nitrogens is 3. The third-order valence-electron chi connectivity index (χ3n) is 11.9. The molecule has 52 heavy (non-hydrogen) atoms. The van der Waals surface area contributed by atoms with Gasteiger partial charge >= 0.3 is 0 Å². The Labute approximate surface area is 296 Å². The number of hydrogen-bond donors (Lipinski definition) is 0. The Morgan fingerprint density at radius 1 is 0.519 bits per heavy atom. The molecule has 0 N–H and O–H groups in total. The second kappa shape index (κ2) is 8.95. The highest BCUT2D eigenvalue weighted by Gasteiger charge is 2.36. The lowest BCUT2D eigenvalue weighted by molar-refractivity contribution is 0.653. The summed E-state index contributed by atoms with van der Waals surface area (Å²) in [6.07, 6.45) is 0. The molecular formula is C47H27N3O2. The van der Waals surface area contributed by atoms with Crippen LogP contribution in [0.25, 0.3) is 116 Å². The molecule has 5 heteroatoms. The van der Waals surface area contributed by atoms with Gasteiger partial charge in [0.1, 0.15) is 28.0 Å². The number of rotatable bonds is 2. The second-order valence-corrected chi connectivity index (χ2v) is 14.9. The van der Waals surface area contributed by atoms with Crippen molar-refractivity contribution in [3.05, 3.63) is 139 Å². The van der Waals surface area contributed by atoms with Crippen LogP contribution in [0.3, 0.4) is 0 Å². The zero-order valence-corrected chi connectivity index (χ0v) is 28.3. The lowest BCUT2D eigenvalue weighted by Gasteiger charge is -2.21. The van der Waals surface area contributed by atoms with Gasteiger partial charge in [-0.05, 0) is 86.6 Å². The standard InChI is InChI=1S/C47H27N3O2/c1-47(2)31-14-5-3-10-26(31)30-23-25(17-19-32(30)47)43-45(48-44-29-11-4-6-15-35(29)52-46(44)49-43)50-33-20-18-24-9-7-12-27-28-13-8-16-36-39(28)42-37(51-36)22-21-34(50)41(42)40(33)38(24)27/h3-23H,1-2H3. The van der Waals surface area contributed by atoms with Crippen molar-refractivity contribution in [3.8, 4) is 39.3 Å². The molecule has 7 aromatic carbocycles. The molecule has 2 aliphatic carbocycles. The first-order valence-electron chi connectivity index (χ1n) is 17.8. The molecule has 11 aromatic rings. The number of furan rings is 2. The van der Waals surface area contributed by atoms with E-state index in [-0.39, 0.29) is 5.41 Å². The molecule has 0 saturated carbocycles. The fourth-order valence-corrected chi connectivity index (χ4v) is 9.68. The summed E-state index contributed by atoms with van der Waals surface area (Å²) in [6.45, 7) is 4.63. The molecule has 242 valence electrons. The van der Waals surface area contributed by atoms with E-state index < -0.39 is 0 Å². The fourth-order valence-electron chi connectivity index (χ4n) is 9.68. The van der Waals surface area contributed by atoms with Crippen molar-refractivity contribution >= 4 is 76.7 Å². The molecule has 0 amide bonds. The van der Waals surface area contributed by atoms with E-state index >= 15 is 0 Å². The SMILES string of the molecule is CC1(C)c2ccccc2-c2cc(-c3nc4oc5ccccc5c4nc3-n3c4ccc5cccc6c5c4c4c5c(ccc43)oc3cccc-6c35)ccc21. The molecule has 0 fully saturated rings. The highest BCUT2D eigenvalue weighted by molar-refractivity contribution is 6.38. The van der Waals surface area contributed by atoms with Crippen LogP contribution in [-0.2, 0) is 5.41 Å². The number of nitrogens with zero attached hydrogens (tertiary/aromatic N) is 3. The van der Waals surface area contributed by atoms with Crippen LogP contribution < -0.4 is 0 Å². The maximum atomic E-state index is 6.56. The quantitative estimate of drug-likeness (QED) is 0.184. The summed E-state index contributed by atoms with van der Waals surface area (Å²) in [5, 5.41) is 8.11. The minimum atomic E-state index is -0.0986. The molecule has 0 saturated heterocycles. The molecule has 0 radical (unpaired) electrons. The van der Waals surface area contributed by atoms with Crippen molar-refractivity contribution in [1.82, 2.24) is 14.5 Å². The van der Waals surface area contributed by atoms with Crippen LogP contribution in [-0.4, -0.2) is 14.5 Å². The maximum absolute atomic E-state index is 6.56. The minimum Gasteiger partial charge on any atom is -0.456 e. The molecule has 13 rings (SSSR count). The van der Waals surface area contributed by atoms with E-state index in [9.17, 15) is 0 Å². The van der Waals surface area contributed by atoms with E-state index in [1.54, 1.807) is 0 Å². The van der Waals surface area contributed by atoms with Crippen molar-refractivity contribution in [2.45, 2.75) is 19.3 Å². The smallest absolute Gasteiger partial charge is 0.247 e. The third-order valence-corrected chi connectivity index (χ3v) is 11.9. The summed E-state index contributed by atoms with van der Waals surface area (Å²) < 4.78 is 15.3. The summed E-state index contributed by atoms with van der Waals surface area (Å²) in [5.74, 6) is 0.773. The fraction of sp³-hybridized carbons (Fsp3) is 0.0638. The summed E-state index contributed by atoms with van der Waals surface area (Å²) in [7, 11) is 0. The number of benzene rings is 7. The van der Waals surface area contributed by atoms with Gasteiger partial charge in [-0.2, -0.15) is 0 Å².